The number of carbonyl (C=O) groups excluding carboxylic acids is 2. The fourth-order valence-corrected chi connectivity index (χ4v) is 4.93. The van der Waals surface area contributed by atoms with E-state index in [-0.39, 0.29) is 17.7 Å². The van der Waals surface area contributed by atoms with E-state index in [1.165, 1.54) is 36.0 Å². The van der Waals surface area contributed by atoms with Crippen LogP contribution in [0.1, 0.15) is 21.5 Å². The first-order valence-electron chi connectivity index (χ1n) is 12.4. The van der Waals surface area contributed by atoms with Crippen LogP contribution in [-0.4, -0.2) is 30.6 Å². The number of anilines is 1. The summed E-state index contributed by atoms with van der Waals surface area (Å²) in [6.07, 6.45) is -4.96. The third kappa shape index (κ3) is 8.19. The Labute approximate surface area is 234 Å². The molecular weight excluding hydrogens is 540 g/mol. The van der Waals surface area contributed by atoms with Gasteiger partial charge in [-0.1, -0.05) is 60.7 Å². The summed E-state index contributed by atoms with van der Waals surface area (Å²) in [6, 6.07) is 28.9. The van der Waals surface area contributed by atoms with Crippen LogP contribution < -0.4 is 10.2 Å². The number of hydrogen-bond donors (Lipinski definition) is 1. The smallest absolute Gasteiger partial charge is 0.347 e. The van der Waals surface area contributed by atoms with Crippen LogP contribution in [0.3, 0.4) is 0 Å². The van der Waals surface area contributed by atoms with Gasteiger partial charge in [0.05, 0.1) is 6.04 Å². The second kappa shape index (κ2) is 13.3. The van der Waals surface area contributed by atoms with E-state index in [0.717, 1.165) is 28.2 Å². The highest BCUT2D eigenvalue weighted by atomic mass is 32.2. The van der Waals surface area contributed by atoms with Crippen LogP contribution in [0.5, 0.6) is 0 Å². The Kier molecular flexibility index (Phi) is 9.60. The summed E-state index contributed by atoms with van der Waals surface area (Å²) in [6.45, 7) is -0.434. The molecule has 1 unspecified atom stereocenters. The number of hydrogen-bond acceptors (Lipinski definition) is 3. The first-order chi connectivity index (χ1) is 19.2. The molecule has 0 saturated heterocycles. The molecule has 40 heavy (non-hydrogen) atoms. The van der Waals surface area contributed by atoms with Crippen molar-refractivity contribution in [3.63, 3.8) is 0 Å². The molecule has 0 spiro atoms. The fourth-order valence-electron chi connectivity index (χ4n) is 4.07. The van der Waals surface area contributed by atoms with Crippen molar-refractivity contribution in [2.75, 3.05) is 11.4 Å². The van der Waals surface area contributed by atoms with Crippen LogP contribution in [0.15, 0.2) is 114 Å². The lowest BCUT2D eigenvalue weighted by Crippen LogP contribution is -2.50. The standard InChI is InChI=1S/C31H26F4N2O2S/c32-25-13-11-24(12-14-25)29(38)36-26(19-22-7-3-1-4-8-22)20-37(30(39)31(33,34)35)27-15-17-28(18-16-27)40-21-23-9-5-2-6-10-23/h1-18,26H,19-21H2,(H,36,38). The molecule has 0 saturated carbocycles. The van der Waals surface area contributed by atoms with Gasteiger partial charge in [0, 0.05) is 28.4 Å². The van der Waals surface area contributed by atoms with Gasteiger partial charge in [0.25, 0.3) is 5.91 Å². The summed E-state index contributed by atoms with van der Waals surface area (Å²) >= 11 is 1.52. The highest BCUT2D eigenvalue weighted by Crippen LogP contribution is 2.28. The van der Waals surface area contributed by atoms with Crippen molar-refractivity contribution in [3.8, 4) is 0 Å². The molecule has 4 aromatic carbocycles. The first kappa shape index (κ1) is 28.9. The third-order valence-electron chi connectivity index (χ3n) is 6.05. The lowest BCUT2D eigenvalue weighted by atomic mass is 10.0. The minimum atomic E-state index is -5.13. The maximum Gasteiger partial charge on any atom is 0.471 e. The monoisotopic (exact) mass is 566 g/mol. The molecule has 206 valence electrons. The molecule has 4 aromatic rings. The average Bonchev–Trinajstić information content (AvgIpc) is 2.95. The number of amides is 2. The average molecular weight is 567 g/mol. The molecule has 4 nitrogen and oxygen atoms in total. The van der Waals surface area contributed by atoms with Gasteiger partial charge >= 0.3 is 12.1 Å². The van der Waals surface area contributed by atoms with E-state index in [1.54, 1.807) is 42.5 Å². The number of rotatable bonds is 10. The van der Waals surface area contributed by atoms with E-state index in [1.807, 2.05) is 30.3 Å². The summed E-state index contributed by atoms with van der Waals surface area (Å²) in [4.78, 5) is 27.0. The van der Waals surface area contributed by atoms with Crippen LogP contribution in [0.4, 0.5) is 23.2 Å². The molecule has 9 heteroatoms. The first-order valence-corrected chi connectivity index (χ1v) is 13.4. The second-order valence-corrected chi connectivity index (χ2v) is 10.1. The van der Waals surface area contributed by atoms with E-state index >= 15 is 0 Å². The maximum absolute atomic E-state index is 13.7. The van der Waals surface area contributed by atoms with Crippen molar-refractivity contribution in [1.29, 1.82) is 0 Å². The number of carbonyl (C=O) groups is 2. The number of nitrogens with one attached hydrogen (secondary N) is 1. The van der Waals surface area contributed by atoms with Crippen LogP contribution >= 0.6 is 11.8 Å². The van der Waals surface area contributed by atoms with Crippen molar-refractivity contribution in [2.24, 2.45) is 0 Å². The maximum atomic E-state index is 13.7. The quantitative estimate of drug-likeness (QED) is 0.165. The van der Waals surface area contributed by atoms with Crippen molar-refractivity contribution in [2.45, 2.75) is 29.3 Å². The van der Waals surface area contributed by atoms with Crippen molar-refractivity contribution >= 4 is 29.3 Å². The molecule has 0 aromatic heterocycles. The summed E-state index contributed by atoms with van der Waals surface area (Å²) < 4.78 is 54.4. The normalized spacial score (nSPS) is 12.0. The molecule has 0 heterocycles. The number of thioether (sulfide) groups is 1. The molecule has 0 radical (unpaired) electrons. The van der Waals surface area contributed by atoms with Gasteiger partial charge in [-0.25, -0.2) is 4.39 Å². The number of alkyl halides is 3. The molecule has 1 atom stereocenters. The second-order valence-electron chi connectivity index (χ2n) is 9.05. The lowest BCUT2D eigenvalue weighted by molar-refractivity contribution is -0.170. The Morgan fingerprint density at radius 1 is 0.775 bits per heavy atom. The van der Waals surface area contributed by atoms with E-state index in [9.17, 15) is 27.2 Å². The van der Waals surface area contributed by atoms with Gasteiger partial charge in [-0.05, 0) is 66.1 Å². The van der Waals surface area contributed by atoms with Gasteiger partial charge < -0.3 is 10.2 Å². The zero-order valence-corrected chi connectivity index (χ0v) is 22.1. The molecule has 0 fully saturated rings. The molecule has 4 rings (SSSR count). The van der Waals surface area contributed by atoms with Gasteiger partial charge in [0.2, 0.25) is 0 Å². The molecule has 0 aliphatic rings. The van der Waals surface area contributed by atoms with Crippen LogP contribution in [0, 0.1) is 5.82 Å². The molecule has 0 aliphatic heterocycles. The Morgan fingerprint density at radius 3 is 1.93 bits per heavy atom. The van der Waals surface area contributed by atoms with Gasteiger partial charge in [0.1, 0.15) is 5.82 Å². The van der Waals surface area contributed by atoms with Gasteiger partial charge in [-0.15, -0.1) is 11.8 Å². The molecule has 1 N–H and O–H groups in total. The van der Waals surface area contributed by atoms with E-state index in [0.29, 0.717) is 10.7 Å². The number of benzene rings is 4. The number of halogens is 4. The highest BCUT2D eigenvalue weighted by Gasteiger charge is 2.43. The number of nitrogens with zero attached hydrogens (tertiary/aromatic N) is 1. The third-order valence-corrected chi connectivity index (χ3v) is 7.14. The van der Waals surface area contributed by atoms with Crippen molar-refractivity contribution in [3.05, 3.63) is 132 Å². The Hall–Kier alpha value is -4.11. The predicted octanol–water partition coefficient (Wildman–Crippen LogP) is 7.05. The Balaban J connectivity index is 1.57. The fraction of sp³-hybridized carbons (Fsp3) is 0.161. The molecular formula is C31H26F4N2O2S. The van der Waals surface area contributed by atoms with Gasteiger partial charge in [-0.2, -0.15) is 13.2 Å². The summed E-state index contributed by atoms with van der Waals surface area (Å²) in [5.74, 6) is -2.47. The minimum Gasteiger partial charge on any atom is -0.347 e. The van der Waals surface area contributed by atoms with Gasteiger partial charge in [-0.3, -0.25) is 9.59 Å². The summed E-state index contributed by atoms with van der Waals surface area (Å²) in [7, 11) is 0. The van der Waals surface area contributed by atoms with E-state index in [4.69, 9.17) is 0 Å². The summed E-state index contributed by atoms with van der Waals surface area (Å²) in [5.41, 5.74) is 2.07. The minimum absolute atomic E-state index is 0.0560. The zero-order valence-electron chi connectivity index (χ0n) is 21.3. The van der Waals surface area contributed by atoms with Gasteiger partial charge in [0.15, 0.2) is 0 Å². The van der Waals surface area contributed by atoms with Crippen LogP contribution in [0.25, 0.3) is 0 Å². The van der Waals surface area contributed by atoms with E-state index < -0.39 is 36.4 Å². The summed E-state index contributed by atoms with van der Waals surface area (Å²) in [5, 5.41) is 2.73. The largest absolute Gasteiger partial charge is 0.471 e. The predicted molar refractivity (Wildman–Crippen MR) is 149 cm³/mol. The van der Waals surface area contributed by atoms with Crippen molar-refractivity contribution < 1.29 is 27.2 Å². The Morgan fingerprint density at radius 2 is 1.35 bits per heavy atom. The molecule has 0 bridgehead atoms. The van der Waals surface area contributed by atoms with Crippen LogP contribution in [0.2, 0.25) is 0 Å². The highest BCUT2D eigenvalue weighted by molar-refractivity contribution is 7.98. The SMILES string of the molecule is O=C(NC(Cc1ccccc1)CN(C(=O)C(F)(F)F)c1ccc(SCc2ccccc2)cc1)c1ccc(F)cc1. The zero-order chi connectivity index (χ0) is 28.5. The van der Waals surface area contributed by atoms with E-state index in [2.05, 4.69) is 5.32 Å². The Bertz CT molecular complexity index is 1400. The molecule has 2 amide bonds. The lowest BCUT2D eigenvalue weighted by Gasteiger charge is -2.29. The topological polar surface area (TPSA) is 49.4 Å². The van der Waals surface area contributed by atoms with Crippen molar-refractivity contribution in [1.82, 2.24) is 5.32 Å². The van der Waals surface area contributed by atoms with Crippen LogP contribution in [-0.2, 0) is 17.0 Å². The molecule has 0 aliphatic carbocycles.